The van der Waals surface area contributed by atoms with Gasteiger partial charge in [-0.05, 0) is 31.2 Å². The van der Waals surface area contributed by atoms with Gasteiger partial charge in [-0.25, -0.2) is 4.79 Å². The number of carboxylic acid groups (broad SMARTS) is 1. The Morgan fingerprint density at radius 3 is 2.46 bits per heavy atom. The van der Waals surface area contributed by atoms with Gasteiger partial charge in [-0.1, -0.05) is 37.3 Å². The Morgan fingerprint density at radius 1 is 1.29 bits per heavy atom. The molecule has 0 spiro atoms. The molecule has 0 aliphatic heterocycles. The largest absolute Gasteiger partial charge is 0.477 e. The Kier molecular flexibility index (Phi) is 5.88. The van der Waals surface area contributed by atoms with Gasteiger partial charge in [0.05, 0.1) is 0 Å². The lowest BCUT2D eigenvalue weighted by atomic mass is 10.1. The molecule has 1 N–H and O–H groups in total. The molecule has 0 radical (unpaired) electrons. The fourth-order valence-corrected chi connectivity index (χ4v) is 3.68. The van der Waals surface area contributed by atoms with E-state index in [1.165, 1.54) is 11.8 Å². The molecule has 0 amide bonds. The number of nitrogens with zero attached hydrogens (tertiary/aromatic N) is 2. The van der Waals surface area contributed by atoms with Crippen LogP contribution < -0.4 is 0 Å². The number of hydrogen-bond donors (Lipinski definition) is 1. The third-order valence-corrected chi connectivity index (χ3v) is 4.84. The number of carbonyl (C=O) groups is 1. The van der Waals surface area contributed by atoms with Crippen LogP contribution in [-0.4, -0.2) is 21.4 Å². The topological polar surface area (TPSA) is 66.0 Å². The predicted octanol–water partition coefficient (Wildman–Crippen LogP) is 4.56. The van der Waals surface area contributed by atoms with Gasteiger partial charge < -0.3 is 9.67 Å². The molecule has 2 aromatic rings. The number of rotatable bonds is 6. The number of nitriles is 1. The van der Waals surface area contributed by atoms with Crippen molar-refractivity contribution < 1.29 is 9.90 Å². The molecule has 24 heavy (non-hydrogen) atoms. The number of aliphatic carboxylic acids is 1. The second-order valence-electron chi connectivity index (χ2n) is 5.19. The minimum absolute atomic E-state index is 0.196. The highest BCUT2D eigenvalue weighted by atomic mass is 32.2. The zero-order chi connectivity index (χ0) is 17.7. The third kappa shape index (κ3) is 3.39. The zero-order valence-corrected chi connectivity index (χ0v) is 14.9. The van der Waals surface area contributed by atoms with E-state index >= 15 is 0 Å². The first-order valence-electron chi connectivity index (χ1n) is 7.81. The van der Waals surface area contributed by atoms with Crippen LogP contribution in [0.5, 0.6) is 0 Å². The van der Waals surface area contributed by atoms with Gasteiger partial charge in [0, 0.05) is 28.4 Å². The van der Waals surface area contributed by atoms with E-state index in [1.54, 1.807) is 0 Å². The van der Waals surface area contributed by atoms with Crippen LogP contribution in [0.1, 0.15) is 25.1 Å². The molecule has 1 heterocycles. The van der Waals surface area contributed by atoms with Crippen molar-refractivity contribution in [3.63, 3.8) is 0 Å². The van der Waals surface area contributed by atoms with Crippen molar-refractivity contribution in [3.8, 4) is 17.3 Å². The van der Waals surface area contributed by atoms with Gasteiger partial charge in [-0.15, -0.1) is 11.8 Å². The van der Waals surface area contributed by atoms with Crippen LogP contribution in [-0.2, 0) is 11.3 Å². The predicted molar refractivity (Wildman–Crippen MR) is 98.6 cm³/mol. The maximum Gasteiger partial charge on any atom is 0.347 e. The van der Waals surface area contributed by atoms with Crippen LogP contribution in [0.4, 0.5) is 0 Å². The van der Waals surface area contributed by atoms with Crippen molar-refractivity contribution in [3.05, 3.63) is 53.2 Å². The van der Waals surface area contributed by atoms with E-state index in [0.29, 0.717) is 10.7 Å². The van der Waals surface area contributed by atoms with Crippen LogP contribution >= 0.6 is 11.8 Å². The van der Waals surface area contributed by atoms with E-state index in [1.807, 2.05) is 56.3 Å². The van der Waals surface area contributed by atoms with Gasteiger partial charge >= 0.3 is 5.97 Å². The third-order valence-electron chi connectivity index (χ3n) is 3.84. The Bertz CT molecular complexity index is 814. The Hall–Kier alpha value is -2.45. The SMILES string of the molecule is CCSC(=C(C#N)C(=O)O)c1cc(-c2ccccc2)n(CC)c1C. The van der Waals surface area contributed by atoms with Gasteiger partial charge in [-0.2, -0.15) is 5.26 Å². The summed E-state index contributed by atoms with van der Waals surface area (Å²) in [6, 6.07) is 13.8. The maximum absolute atomic E-state index is 11.5. The minimum atomic E-state index is -1.18. The second-order valence-corrected chi connectivity index (χ2v) is 6.47. The molecule has 2 rings (SSSR count). The highest BCUT2D eigenvalue weighted by Gasteiger charge is 2.21. The summed E-state index contributed by atoms with van der Waals surface area (Å²) >= 11 is 1.40. The number of hydrogen-bond acceptors (Lipinski definition) is 3. The van der Waals surface area contributed by atoms with Crippen LogP contribution in [0.3, 0.4) is 0 Å². The molecule has 124 valence electrons. The molecule has 0 unspecified atom stereocenters. The van der Waals surface area contributed by atoms with Crippen molar-refractivity contribution in [2.45, 2.75) is 27.3 Å². The summed E-state index contributed by atoms with van der Waals surface area (Å²) in [4.78, 5) is 12.0. The van der Waals surface area contributed by atoms with Gasteiger partial charge in [0.15, 0.2) is 5.57 Å². The van der Waals surface area contributed by atoms with Crippen LogP contribution in [0, 0.1) is 18.3 Å². The van der Waals surface area contributed by atoms with Gasteiger partial charge in [0.2, 0.25) is 0 Å². The van der Waals surface area contributed by atoms with Crippen molar-refractivity contribution in [1.29, 1.82) is 5.26 Å². The number of carboxylic acids is 1. The first-order chi connectivity index (χ1) is 11.5. The molecule has 1 aromatic heterocycles. The monoisotopic (exact) mass is 340 g/mol. The average molecular weight is 340 g/mol. The maximum atomic E-state index is 11.5. The van der Waals surface area contributed by atoms with Gasteiger partial charge in [0.1, 0.15) is 6.07 Å². The van der Waals surface area contributed by atoms with Crippen molar-refractivity contribution in [1.82, 2.24) is 4.57 Å². The van der Waals surface area contributed by atoms with Crippen LogP contribution in [0.2, 0.25) is 0 Å². The van der Waals surface area contributed by atoms with E-state index < -0.39 is 5.97 Å². The summed E-state index contributed by atoms with van der Waals surface area (Å²) in [5.74, 6) is -0.482. The molecular formula is C19H20N2O2S. The lowest BCUT2D eigenvalue weighted by molar-refractivity contribution is -0.132. The fourth-order valence-electron chi connectivity index (χ4n) is 2.76. The summed E-state index contributed by atoms with van der Waals surface area (Å²) in [5.41, 5.74) is 3.70. The summed E-state index contributed by atoms with van der Waals surface area (Å²) in [7, 11) is 0. The molecule has 0 fully saturated rings. The zero-order valence-electron chi connectivity index (χ0n) is 14.0. The Labute approximate surface area is 146 Å². The fraction of sp³-hybridized carbons (Fsp3) is 0.263. The summed E-state index contributed by atoms with van der Waals surface area (Å²) < 4.78 is 2.15. The molecule has 5 heteroatoms. The van der Waals surface area contributed by atoms with E-state index in [9.17, 15) is 15.2 Å². The molecular weight excluding hydrogens is 320 g/mol. The summed E-state index contributed by atoms with van der Waals surface area (Å²) in [6.07, 6.45) is 0. The number of thioether (sulfide) groups is 1. The molecule has 0 aliphatic rings. The van der Waals surface area contributed by atoms with Crippen LogP contribution in [0.25, 0.3) is 16.2 Å². The van der Waals surface area contributed by atoms with Crippen molar-refractivity contribution in [2.24, 2.45) is 0 Å². The van der Waals surface area contributed by atoms with Gasteiger partial charge in [0.25, 0.3) is 0 Å². The summed E-state index contributed by atoms with van der Waals surface area (Å²) in [6.45, 7) is 6.75. The lowest BCUT2D eigenvalue weighted by Gasteiger charge is -2.10. The number of aromatic nitrogens is 1. The van der Waals surface area contributed by atoms with E-state index in [4.69, 9.17) is 0 Å². The molecule has 0 saturated heterocycles. The quantitative estimate of drug-likeness (QED) is 0.618. The van der Waals surface area contributed by atoms with E-state index in [-0.39, 0.29) is 5.57 Å². The minimum Gasteiger partial charge on any atom is -0.477 e. The van der Waals surface area contributed by atoms with Crippen molar-refractivity contribution >= 4 is 22.6 Å². The average Bonchev–Trinajstić information content (AvgIpc) is 2.91. The van der Waals surface area contributed by atoms with Gasteiger partial charge in [-0.3, -0.25) is 0 Å². The van der Waals surface area contributed by atoms with E-state index in [0.717, 1.165) is 29.1 Å². The molecule has 4 nitrogen and oxygen atoms in total. The lowest BCUT2D eigenvalue weighted by Crippen LogP contribution is -2.03. The first kappa shape index (κ1) is 17.9. The smallest absolute Gasteiger partial charge is 0.347 e. The Morgan fingerprint density at radius 2 is 1.96 bits per heavy atom. The highest BCUT2D eigenvalue weighted by Crippen LogP contribution is 2.37. The second kappa shape index (κ2) is 7.89. The molecule has 0 atom stereocenters. The first-order valence-corrected chi connectivity index (χ1v) is 8.80. The molecule has 0 aliphatic carbocycles. The molecule has 0 bridgehead atoms. The molecule has 1 aromatic carbocycles. The highest BCUT2D eigenvalue weighted by molar-refractivity contribution is 8.08. The van der Waals surface area contributed by atoms with E-state index in [2.05, 4.69) is 11.5 Å². The summed E-state index contributed by atoms with van der Waals surface area (Å²) in [5, 5.41) is 18.7. The van der Waals surface area contributed by atoms with Crippen molar-refractivity contribution in [2.75, 3.05) is 5.75 Å². The number of benzene rings is 1. The molecule has 0 saturated carbocycles. The normalized spacial score (nSPS) is 11.8. The van der Waals surface area contributed by atoms with Crippen LogP contribution in [0.15, 0.2) is 42.0 Å². The Balaban J connectivity index is 2.73. The standard InChI is InChI=1S/C19H20N2O2S/c1-4-21-13(3)15(11-17(21)14-9-7-6-8-10-14)18(24-5-2)16(12-20)19(22)23/h6-11H,4-5H2,1-3H3,(H,22,23).